The van der Waals surface area contributed by atoms with Crippen LogP contribution in [0.4, 0.5) is 0 Å². The van der Waals surface area contributed by atoms with Gasteiger partial charge in [0.15, 0.2) is 0 Å². The molecule has 2 rings (SSSR count). The maximum absolute atomic E-state index is 5.55. The van der Waals surface area contributed by atoms with Crippen LogP contribution in [0.2, 0.25) is 0 Å². The van der Waals surface area contributed by atoms with E-state index < -0.39 is 0 Å². The fourth-order valence-corrected chi connectivity index (χ4v) is 3.94. The summed E-state index contributed by atoms with van der Waals surface area (Å²) in [6, 6.07) is 6.34. The van der Waals surface area contributed by atoms with Crippen LogP contribution in [0.15, 0.2) is 18.2 Å². The summed E-state index contributed by atoms with van der Waals surface area (Å²) in [6.45, 7) is 11.0. The first-order chi connectivity index (χ1) is 11.1. The Morgan fingerprint density at radius 1 is 1.22 bits per heavy atom. The number of methoxy groups -OCH3 is 1. The SMILES string of the molecule is CCCC1(CCN(CC)CC)CNC(=S)c2ccc(OC)cc21. The van der Waals surface area contributed by atoms with Crippen molar-refractivity contribution in [1.29, 1.82) is 0 Å². The minimum absolute atomic E-state index is 0.142. The van der Waals surface area contributed by atoms with Crippen LogP contribution in [0, 0.1) is 0 Å². The number of hydrogen-bond acceptors (Lipinski definition) is 3. The normalized spacial score (nSPS) is 20.3. The molecule has 4 heteroatoms. The Morgan fingerprint density at radius 2 is 1.96 bits per heavy atom. The van der Waals surface area contributed by atoms with E-state index in [1.54, 1.807) is 7.11 Å². The second kappa shape index (κ2) is 8.11. The molecule has 1 aliphatic rings. The number of fused-ring (bicyclic) bond motifs is 1. The van der Waals surface area contributed by atoms with Crippen molar-refractivity contribution < 1.29 is 4.74 Å². The molecule has 0 bridgehead atoms. The zero-order valence-corrected chi connectivity index (χ0v) is 15.8. The van der Waals surface area contributed by atoms with E-state index in [0.29, 0.717) is 0 Å². The summed E-state index contributed by atoms with van der Waals surface area (Å²) >= 11 is 5.55. The van der Waals surface area contributed by atoms with E-state index >= 15 is 0 Å². The van der Waals surface area contributed by atoms with Crippen molar-refractivity contribution in [3.05, 3.63) is 29.3 Å². The van der Waals surface area contributed by atoms with Gasteiger partial charge in [0, 0.05) is 17.5 Å². The van der Waals surface area contributed by atoms with Gasteiger partial charge in [0.05, 0.1) is 7.11 Å². The molecule has 0 fully saturated rings. The molecule has 23 heavy (non-hydrogen) atoms. The minimum atomic E-state index is 0.142. The van der Waals surface area contributed by atoms with Gasteiger partial charge in [-0.05, 0) is 56.2 Å². The lowest BCUT2D eigenvalue weighted by molar-refractivity contribution is 0.244. The number of nitrogens with zero attached hydrogens (tertiary/aromatic N) is 1. The molecule has 1 heterocycles. The largest absolute Gasteiger partial charge is 0.497 e. The number of hydrogen-bond donors (Lipinski definition) is 1. The minimum Gasteiger partial charge on any atom is -0.497 e. The van der Waals surface area contributed by atoms with Gasteiger partial charge in [-0.2, -0.15) is 0 Å². The third-order valence-electron chi connectivity index (χ3n) is 5.16. The summed E-state index contributed by atoms with van der Waals surface area (Å²) in [4.78, 5) is 3.38. The topological polar surface area (TPSA) is 24.5 Å². The number of nitrogens with one attached hydrogen (secondary N) is 1. The fourth-order valence-electron chi connectivity index (χ4n) is 3.69. The molecule has 0 spiro atoms. The van der Waals surface area contributed by atoms with E-state index in [9.17, 15) is 0 Å². The highest BCUT2D eigenvalue weighted by molar-refractivity contribution is 7.80. The van der Waals surface area contributed by atoms with Crippen LogP contribution in [0.25, 0.3) is 0 Å². The van der Waals surface area contributed by atoms with Crippen molar-refractivity contribution in [1.82, 2.24) is 10.2 Å². The first kappa shape index (κ1) is 18.2. The summed E-state index contributed by atoms with van der Waals surface area (Å²) < 4.78 is 5.48. The van der Waals surface area contributed by atoms with Gasteiger partial charge in [0.1, 0.15) is 10.7 Å². The second-order valence-corrected chi connectivity index (χ2v) is 6.81. The number of benzene rings is 1. The van der Waals surface area contributed by atoms with E-state index in [1.165, 1.54) is 24.0 Å². The lowest BCUT2D eigenvalue weighted by Gasteiger charge is -2.41. The van der Waals surface area contributed by atoms with Crippen LogP contribution in [-0.2, 0) is 5.41 Å². The quantitative estimate of drug-likeness (QED) is 0.732. The van der Waals surface area contributed by atoms with Gasteiger partial charge in [-0.1, -0.05) is 39.4 Å². The molecular weight excluding hydrogens is 304 g/mol. The van der Waals surface area contributed by atoms with Crippen molar-refractivity contribution >= 4 is 17.2 Å². The molecule has 1 atom stereocenters. The average Bonchev–Trinajstić information content (AvgIpc) is 2.59. The number of thiocarbonyl (C=S) groups is 1. The summed E-state index contributed by atoms with van der Waals surface area (Å²) in [5.74, 6) is 0.928. The molecule has 128 valence electrons. The second-order valence-electron chi connectivity index (χ2n) is 6.40. The molecule has 0 aliphatic carbocycles. The molecular formula is C19H30N2OS. The van der Waals surface area contributed by atoms with Gasteiger partial charge in [0.25, 0.3) is 0 Å². The Kier molecular flexibility index (Phi) is 6.42. The molecule has 0 amide bonds. The molecule has 3 nitrogen and oxygen atoms in total. The van der Waals surface area contributed by atoms with Crippen LogP contribution in [0.3, 0.4) is 0 Å². The predicted molar refractivity (Wildman–Crippen MR) is 102 cm³/mol. The average molecular weight is 335 g/mol. The van der Waals surface area contributed by atoms with E-state index in [4.69, 9.17) is 17.0 Å². The molecule has 0 saturated heterocycles. The first-order valence-electron chi connectivity index (χ1n) is 8.79. The zero-order valence-electron chi connectivity index (χ0n) is 14.9. The van der Waals surface area contributed by atoms with E-state index in [-0.39, 0.29) is 5.41 Å². The summed E-state index contributed by atoms with van der Waals surface area (Å²) in [7, 11) is 1.73. The Hall–Kier alpha value is -1.13. The monoisotopic (exact) mass is 334 g/mol. The van der Waals surface area contributed by atoms with Gasteiger partial charge in [-0.15, -0.1) is 0 Å². The molecule has 1 aromatic rings. The molecule has 1 unspecified atom stereocenters. The van der Waals surface area contributed by atoms with Crippen molar-refractivity contribution in [2.75, 3.05) is 33.3 Å². The maximum atomic E-state index is 5.55. The van der Waals surface area contributed by atoms with Crippen molar-refractivity contribution in [3.63, 3.8) is 0 Å². The van der Waals surface area contributed by atoms with Gasteiger partial charge < -0.3 is 15.0 Å². The van der Waals surface area contributed by atoms with Crippen LogP contribution in [-0.4, -0.2) is 43.2 Å². The van der Waals surface area contributed by atoms with Crippen LogP contribution in [0.1, 0.15) is 51.2 Å². The standard InChI is InChI=1S/C19H30N2OS/c1-5-10-19(11-12-21(6-2)7-3)14-20-18(23)16-9-8-15(22-4)13-17(16)19/h8-9,13H,5-7,10-12,14H2,1-4H3,(H,20,23). The van der Waals surface area contributed by atoms with Gasteiger partial charge >= 0.3 is 0 Å². The third-order valence-corrected chi connectivity index (χ3v) is 5.52. The fraction of sp³-hybridized carbons (Fsp3) is 0.632. The van der Waals surface area contributed by atoms with E-state index in [1.807, 2.05) is 6.07 Å². The third kappa shape index (κ3) is 3.86. The summed E-state index contributed by atoms with van der Waals surface area (Å²) in [6.07, 6.45) is 3.49. The van der Waals surface area contributed by atoms with E-state index in [2.05, 4.69) is 43.1 Å². The smallest absolute Gasteiger partial charge is 0.119 e. The number of rotatable bonds is 8. The highest BCUT2D eigenvalue weighted by atomic mass is 32.1. The van der Waals surface area contributed by atoms with Gasteiger partial charge in [0.2, 0.25) is 0 Å². The Balaban J connectivity index is 2.39. The van der Waals surface area contributed by atoms with Crippen molar-refractivity contribution in [2.24, 2.45) is 0 Å². The summed E-state index contributed by atoms with van der Waals surface area (Å²) in [5.41, 5.74) is 2.69. The van der Waals surface area contributed by atoms with Crippen LogP contribution < -0.4 is 10.1 Å². The number of ether oxygens (including phenoxy) is 1. The van der Waals surface area contributed by atoms with E-state index in [0.717, 1.165) is 43.3 Å². The highest BCUT2D eigenvalue weighted by Crippen LogP contribution is 2.39. The lowest BCUT2D eigenvalue weighted by Crippen LogP contribution is -2.48. The first-order valence-corrected chi connectivity index (χ1v) is 9.20. The molecule has 0 saturated carbocycles. The van der Waals surface area contributed by atoms with Gasteiger partial charge in [-0.25, -0.2) is 0 Å². The Labute approximate surface area is 146 Å². The highest BCUT2D eigenvalue weighted by Gasteiger charge is 2.37. The van der Waals surface area contributed by atoms with Crippen molar-refractivity contribution in [2.45, 2.75) is 45.4 Å². The zero-order chi connectivity index (χ0) is 16.9. The Bertz CT molecular complexity index is 542. The summed E-state index contributed by atoms with van der Waals surface area (Å²) in [5, 5.41) is 3.48. The molecule has 0 aromatic heterocycles. The van der Waals surface area contributed by atoms with Crippen molar-refractivity contribution in [3.8, 4) is 5.75 Å². The maximum Gasteiger partial charge on any atom is 0.119 e. The van der Waals surface area contributed by atoms with Gasteiger partial charge in [-0.3, -0.25) is 0 Å². The molecule has 0 radical (unpaired) electrons. The molecule has 1 aromatic carbocycles. The lowest BCUT2D eigenvalue weighted by atomic mass is 9.70. The van der Waals surface area contributed by atoms with Crippen LogP contribution >= 0.6 is 12.2 Å². The Morgan fingerprint density at radius 3 is 2.57 bits per heavy atom. The molecule has 1 aliphatic heterocycles. The predicted octanol–water partition coefficient (Wildman–Crippen LogP) is 3.74. The van der Waals surface area contributed by atoms with Crippen LogP contribution in [0.5, 0.6) is 5.75 Å². The molecule has 1 N–H and O–H groups in total.